The van der Waals surface area contributed by atoms with Crippen molar-refractivity contribution in [1.82, 2.24) is 5.32 Å². The molecule has 3 rings (SSSR count). The fraction of sp³-hybridized carbons (Fsp3) is 0.300. The first-order valence-electron chi connectivity index (χ1n) is 8.55. The summed E-state index contributed by atoms with van der Waals surface area (Å²) in [5, 5.41) is 3.09. The molecule has 2 aromatic carbocycles. The molecule has 0 radical (unpaired) electrons. The summed E-state index contributed by atoms with van der Waals surface area (Å²) in [5.74, 6) is 0.226. The number of carbonyl (C=O) groups is 2. The Bertz CT molecular complexity index is 748. The highest BCUT2D eigenvalue weighted by atomic mass is 32.2. The van der Waals surface area contributed by atoms with E-state index in [9.17, 15) is 9.59 Å². The molecule has 1 unspecified atom stereocenters. The van der Waals surface area contributed by atoms with Crippen LogP contribution in [-0.2, 0) is 9.59 Å². The Hall–Kier alpha value is -2.27. The van der Waals surface area contributed by atoms with Crippen LogP contribution in [0.1, 0.15) is 31.4 Å². The third-order valence-corrected chi connectivity index (χ3v) is 5.27. The zero-order chi connectivity index (χ0) is 17.6. The molecule has 1 atom stereocenters. The lowest BCUT2D eigenvalue weighted by molar-refractivity contribution is -0.123. The molecular formula is C20H22N2O2S. The molecule has 4 nitrogen and oxygen atoms in total. The topological polar surface area (TPSA) is 49.4 Å². The average Bonchev–Trinajstić information content (AvgIpc) is 2.64. The second-order valence-corrected chi connectivity index (χ2v) is 7.07. The number of rotatable bonds is 6. The van der Waals surface area contributed by atoms with Gasteiger partial charge in [0.2, 0.25) is 11.8 Å². The van der Waals surface area contributed by atoms with E-state index in [4.69, 9.17) is 0 Å². The molecule has 1 aliphatic rings. The minimum Gasteiger partial charge on any atom is -0.348 e. The third-order valence-electron chi connectivity index (χ3n) is 4.22. The highest BCUT2D eigenvalue weighted by molar-refractivity contribution is 8.00. The van der Waals surface area contributed by atoms with Crippen molar-refractivity contribution >= 4 is 29.3 Å². The highest BCUT2D eigenvalue weighted by Gasteiger charge is 2.26. The molecule has 1 heterocycles. The predicted molar refractivity (Wildman–Crippen MR) is 102 cm³/mol. The van der Waals surface area contributed by atoms with Crippen molar-refractivity contribution in [3.63, 3.8) is 0 Å². The zero-order valence-electron chi connectivity index (χ0n) is 14.3. The van der Waals surface area contributed by atoms with Gasteiger partial charge in [0.15, 0.2) is 0 Å². The maximum Gasteiger partial charge on any atom is 0.240 e. The van der Waals surface area contributed by atoms with Gasteiger partial charge in [-0.25, -0.2) is 0 Å². The van der Waals surface area contributed by atoms with Crippen LogP contribution in [0.4, 0.5) is 5.69 Å². The van der Waals surface area contributed by atoms with Gasteiger partial charge in [-0.2, -0.15) is 0 Å². The van der Waals surface area contributed by atoms with E-state index < -0.39 is 0 Å². The third kappa shape index (κ3) is 4.23. The number of benzene rings is 2. The molecular weight excluding hydrogens is 332 g/mol. The second-order valence-electron chi connectivity index (χ2n) is 6.06. The van der Waals surface area contributed by atoms with Crippen molar-refractivity contribution in [2.75, 3.05) is 17.2 Å². The summed E-state index contributed by atoms with van der Waals surface area (Å²) in [6, 6.07) is 17.7. The first-order valence-corrected chi connectivity index (χ1v) is 9.54. The van der Waals surface area contributed by atoms with Gasteiger partial charge in [0.05, 0.1) is 17.5 Å². The summed E-state index contributed by atoms with van der Waals surface area (Å²) in [4.78, 5) is 27.5. The van der Waals surface area contributed by atoms with Gasteiger partial charge in [-0.15, -0.1) is 11.8 Å². The Balaban J connectivity index is 1.72. The van der Waals surface area contributed by atoms with Crippen LogP contribution in [0.2, 0.25) is 0 Å². The molecule has 1 aliphatic heterocycles. The van der Waals surface area contributed by atoms with Gasteiger partial charge in [0.1, 0.15) is 6.54 Å². The molecule has 5 heteroatoms. The molecule has 0 saturated carbocycles. The van der Waals surface area contributed by atoms with Crippen molar-refractivity contribution in [2.24, 2.45) is 0 Å². The Kier molecular flexibility index (Phi) is 5.76. The standard InChI is InChI=1S/C20H22N2O2S/c1-2-8-16(15-9-4-3-5-10-15)21-19(23)13-22-17-11-6-7-12-18(17)25-14-20(22)24/h3-7,9-12,16H,2,8,13-14H2,1H3,(H,21,23). The van der Waals surface area contributed by atoms with Gasteiger partial charge in [0.25, 0.3) is 0 Å². The van der Waals surface area contributed by atoms with Crippen LogP contribution in [0.3, 0.4) is 0 Å². The quantitative estimate of drug-likeness (QED) is 0.859. The lowest BCUT2D eigenvalue weighted by atomic mass is 10.0. The number of fused-ring (bicyclic) bond motifs is 1. The lowest BCUT2D eigenvalue weighted by Gasteiger charge is -2.29. The molecule has 0 aliphatic carbocycles. The van der Waals surface area contributed by atoms with Crippen LogP contribution in [0.25, 0.3) is 0 Å². The molecule has 130 valence electrons. The normalized spacial score (nSPS) is 14.8. The van der Waals surface area contributed by atoms with E-state index >= 15 is 0 Å². The van der Waals surface area contributed by atoms with Gasteiger partial charge < -0.3 is 10.2 Å². The number of nitrogens with zero attached hydrogens (tertiary/aromatic N) is 1. The number of hydrogen-bond acceptors (Lipinski definition) is 3. The molecule has 0 aromatic heterocycles. The predicted octanol–water partition coefficient (Wildman–Crippen LogP) is 3.78. The lowest BCUT2D eigenvalue weighted by Crippen LogP contribution is -2.44. The number of para-hydroxylation sites is 1. The summed E-state index contributed by atoms with van der Waals surface area (Å²) in [7, 11) is 0. The fourth-order valence-corrected chi connectivity index (χ4v) is 3.94. The van der Waals surface area contributed by atoms with E-state index in [0.717, 1.165) is 29.0 Å². The maximum atomic E-state index is 12.6. The SMILES string of the molecule is CCCC(NC(=O)CN1C(=O)CSc2ccccc21)c1ccccc1. The van der Waals surface area contributed by atoms with E-state index in [0.29, 0.717) is 5.75 Å². The van der Waals surface area contributed by atoms with Crippen LogP contribution in [-0.4, -0.2) is 24.1 Å². The van der Waals surface area contributed by atoms with Gasteiger partial charge in [0, 0.05) is 4.90 Å². The van der Waals surface area contributed by atoms with Crippen LogP contribution in [0.15, 0.2) is 59.5 Å². The van der Waals surface area contributed by atoms with Crippen LogP contribution in [0, 0.1) is 0 Å². The van der Waals surface area contributed by atoms with E-state index in [1.165, 1.54) is 11.8 Å². The average molecular weight is 354 g/mol. The van der Waals surface area contributed by atoms with Crippen molar-refractivity contribution in [3.05, 3.63) is 60.2 Å². The molecule has 2 amide bonds. The smallest absolute Gasteiger partial charge is 0.240 e. The Labute approximate surface area is 152 Å². The summed E-state index contributed by atoms with van der Waals surface area (Å²) >= 11 is 1.52. The van der Waals surface area contributed by atoms with E-state index in [2.05, 4.69) is 12.2 Å². The molecule has 0 saturated heterocycles. The Morgan fingerprint density at radius 1 is 1.16 bits per heavy atom. The maximum absolute atomic E-state index is 12.6. The zero-order valence-corrected chi connectivity index (χ0v) is 15.1. The van der Waals surface area contributed by atoms with Crippen molar-refractivity contribution in [2.45, 2.75) is 30.7 Å². The molecule has 2 aromatic rings. The monoisotopic (exact) mass is 354 g/mol. The van der Waals surface area contributed by atoms with Crippen molar-refractivity contribution in [3.8, 4) is 0 Å². The van der Waals surface area contributed by atoms with Gasteiger partial charge in [-0.05, 0) is 24.1 Å². The van der Waals surface area contributed by atoms with E-state index in [-0.39, 0.29) is 24.4 Å². The second kappa shape index (κ2) is 8.21. The Morgan fingerprint density at radius 2 is 1.88 bits per heavy atom. The first-order chi connectivity index (χ1) is 12.2. The van der Waals surface area contributed by atoms with E-state index in [1.54, 1.807) is 4.90 Å². The van der Waals surface area contributed by atoms with Gasteiger partial charge in [-0.3, -0.25) is 9.59 Å². The summed E-state index contributed by atoms with van der Waals surface area (Å²) < 4.78 is 0. The molecule has 0 spiro atoms. The Morgan fingerprint density at radius 3 is 2.64 bits per heavy atom. The molecule has 0 bridgehead atoms. The van der Waals surface area contributed by atoms with Crippen molar-refractivity contribution in [1.29, 1.82) is 0 Å². The molecule has 25 heavy (non-hydrogen) atoms. The number of amides is 2. The molecule has 0 fully saturated rings. The molecule has 1 N–H and O–H groups in total. The van der Waals surface area contributed by atoms with Gasteiger partial charge in [-0.1, -0.05) is 55.8 Å². The van der Waals surface area contributed by atoms with Crippen LogP contribution < -0.4 is 10.2 Å². The number of anilines is 1. The number of thioether (sulfide) groups is 1. The van der Waals surface area contributed by atoms with E-state index in [1.807, 2.05) is 54.6 Å². The highest BCUT2D eigenvalue weighted by Crippen LogP contribution is 2.34. The summed E-state index contributed by atoms with van der Waals surface area (Å²) in [6.45, 7) is 2.16. The number of hydrogen-bond donors (Lipinski definition) is 1. The minimum absolute atomic E-state index is 0.0226. The number of carbonyl (C=O) groups excluding carboxylic acids is 2. The van der Waals surface area contributed by atoms with Crippen LogP contribution in [0.5, 0.6) is 0 Å². The fourth-order valence-electron chi connectivity index (χ4n) is 3.01. The summed E-state index contributed by atoms with van der Waals surface area (Å²) in [5.41, 5.74) is 1.92. The van der Waals surface area contributed by atoms with Crippen LogP contribution >= 0.6 is 11.8 Å². The van der Waals surface area contributed by atoms with Crippen molar-refractivity contribution < 1.29 is 9.59 Å². The first kappa shape index (κ1) is 17.5. The summed E-state index contributed by atoms with van der Waals surface area (Å²) in [6.07, 6.45) is 1.85. The minimum atomic E-state index is -0.127. The van der Waals surface area contributed by atoms with Gasteiger partial charge >= 0.3 is 0 Å². The number of nitrogens with one attached hydrogen (secondary N) is 1. The largest absolute Gasteiger partial charge is 0.348 e.